The summed E-state index contributed by atoms with van der Waals surface area (Å²) in [6.07, 6.45) is 12.0. The lowest BCUT2D eigenvalue weighted by Gasteiger charge is -2.45. The first-order valence-corrected chi connectivity index (χ1v) is 7.72. The molecule has 2 aliphatic carbocycles. The molecule has 5 unspecified atom stereocenters. The van der Waals surface area contributed by atoms with Crippen molar-refractivity contribution in [3.05, 3.63) is 0 Å². The number of rotatable bonds is 3. The van der Waals surface area contributed by atoms with Crippen LogP contribution in [0.25, 0.3) is 0 Å². The van der Waals surface area contributed by atoms with Gasteiger partial charge in [-0.25, -0.2) is 0 Å². The van der Waals surface area contributed by atoms with E-state index in [0.29, 0.717) is 0 Å². The van der Waals surface area contributed by atoms with E-state index >= 15 is 0 Å². The van der Waals surface area contributed by atoms with Crippen molar-refractivity contribution in [2.75, 3.05) is 0 Å². The fraction of sp³-hybridized carbons (Fsp3) is 1.00. The number of fused-ring (bicyclic) bond motifs is 1. The van der Waals surface area contributed by atoms with Gasteiger partial charge >= 0.3 is 0 Å². The normalized spacial score (nSPS) is 41.4. The predicted molar refractivity (Wildman–Crippen MR) is 71.4 cm³/mol. The van der Waals surface area contributed by atoms with Gasteiger partial charge in [0.1, 0.15) is 0 Å². The van der Waals surface area contributed by atoms with Crippen molar-refractivity contribution in [1.82, 2.24) is 0 Å². The molecule has 0 aromatic heterocycles. The predicted octanol–water partition coefficient (Wildman–Crippen LogP) is 5.28. The molecule has 0 aromatic carbocycles. The minimum Gasteiger partial charge on any atom is -0.0654 e. The summed E-state index contributed by atoms with van der Waals surface area (Å²) < 4.78 is 0. The van der Waals surface area contributed by atoms with E-state index in [0.717, 1.165) is 29.6 Å². The first-order chi connectivity index (χ1) is 7.72. The Morgan fingerprint density at radius 2 is 1.94 bits per heavy atom. The highest BCUT2D eigenvalue weighted by molar-refractivity contribution is 4.88. The molecule has 2 saturated carbocycles. The third-order valence-corrected chi connectivity index (χ3v) is 5.45. The molecule has 0 saturated heterocycles. The van der Waals surface area contributed by atoms with Crippen molar-refractivity contribution in [2.24, 2.45) is 29.6 Å². The van der Waals surface area contributed by atoms with Crippen molar-refractivity contribution >= 4 is 0 Å². The van der Waals surface area contributed by atoms with E-state index in [2.05, 4.69) is 20.8 Å². The van der Waals surface area contributed by atoms with Crippen LogP contribution in [0.1, 0.15) is 72.1 Å². The zero-order valence-corrected chi connectivity index (χ0v) is 11.5. The van der Waals surface area contributed by atoms with Gasteiger partial charge < -0.3 is 0 Å². The van der Waals surface area contributed by atoms with Crippen LogP contribution in [0, 0.1) is 29.6 Å². The van der Waals surface area contributed by atoms with Crippen LogP contribution in [0.15, 0.2) is 0 Å². The first kappa shape index (κ1) is 12.5. The van der Waals surface area contributed by atoms with Crippen LogP contribution in [0.3, 0.4) is 0 Å². The van der Waals surface area contributed by atoms with E-state index in [9.17, 15) is 0 Å². The fourth-order valence-electron chi connectivity index (χ4n) is 4.58. The average molecular weight is 222 g/mol. The van der Waals surface area contributed by atoms with Crippen LogP contribution in [0.4, 0.5) is 0 Å². The lowest BCUT2D eigenvalue weighted by Crippen LogP contribution is -2.36. The minimum atomic E-state index is 0.989. The molecule has 0 N–H and O–H groups in total. The molecule has 0 aliphatic heterocycles. The monoisotopic (exact) mass is 222 g/mol. The lowest BCUT2D eigenvalue weighted by atomic mass is 9.60. The first-order valence-electron chi connectivity index (χ1n) is 7.72. The minimum absolute atomic E-state index is 0.989. The summed E-state index contributed by atoms with van der Waals surface area (Å²) in [6.45, 7) is 7.35. The smallest absolute Gasteiger partial charge is 0.0352 e. The molecule has 0 aromatic rings. The molecule has 0 nitrogen and oxygen atoms in total. The van der Waals surface area contributed by atoms with Crippen molar-refractivity contribution in [1.29, 1.82) is 0 Å². The summed E-state index contributed by atoms with van der Waals surface area (Å²) >= 11 is 0. The van der Waals surface area contributed by atoms with Gasteiger partial charge in [-0.2, -0.15) is 0 Å². The van der Waals surface area contributed by atoms with Crippen molar-refractivity contribution in [3.63, 3.8) is 0 Å². The highest BCUT2D eigenvalue weighted by atomic mass is 14.4. The summed E-state index contributed by atoms with van der Waals surface area (Å²) in [4.78, 5) is 0. The van der Waals surface area contributed by atoms with Gasteiger partial charge in [-0.3, -0.25) is 0 Å². The van der Waals surface area contributed by atoms with Crippen LogP contribution in [-0.2, 0) is 0 Å². The van der Waals surface area contributed by atoms with E-state index < -0.39 is 0 Å². The van der Waals surface area contributed by atoms with E-state index in [1.165, 1.54) is 32.1 Å². The van der Waals surface area contributed by atoms with Crippen molar-refractivity contribution in [3.8, 4) is 0 Å². The van der Waals surface area contributed by atoms with Crippen LogP contribution in [-0.4, -0.2) is 0 Å². The molecule has 2 fully saturated rings. The Bertz CT molecular complexity index is 208. The summed E-state index contributed by atoms with van der Waals surface area (Å²) in [7, 11) is 0. The third-order valence-electron chi connectivity index (χ3n) is 5.45. The fourth-order valence-corrected chi connectivity index (χ4v) is 4.58. The maximum atomic E-state index is 2.52. The Labute approximate surface area is 102 Å². The quantitative estimate of drug-likeness (QED) is 0.610. The van der Waals surface area contributed by atoms with Gasteiger partial charge in [-0.1, -0.05) is 52.9 Å². The molecule has 5 atom stereocenters. The van der Waals surface area contributed by atoms with Crippen LogP contribution < -0.4 is 0 Å². The Morgan fingerprint density at radius 3 is 2.69 bits per heavy atom. The molecular weight excluding hydrogens is 192 g/mol. The second-order valence-corrected chi connectivity index (χ2v) is 6.70. The molecule has 0 radical (unpaired) electrons. The van der Waals surface area contributed by atoms with E-state index in [4.69, 9.17) is 0 Å². The van der Waals surface area contributed by atoms with Crippen LogP contribution >= 0.6 is 0 Å². The van der Waals surface area contributed by atoms with Gasteiger partial charge in [0.25, 0.3) is 0 Å². The lowest BCUT2D eigenvalue weighted by molar-refractivity contribution is 0.0469. The molecular formula is C16H30. The molecule has 2 rings (SSSR count). The van der Waals surface area contributed by atoms with Crippen molar-refractivity contribution in [2.45, 2.75) is 72.1 Å². The van der Waals surface area contributed by atoms with Crippen LogP contribution in [0.5, 0.6) is 0 Å². The maximum absolute atomic E-state index is 2.52. The largest absolute Gasteiger partial charge is 0.0654 e. The molecule has 0 spiro atoms. The summed E-state index contributed by atoms with van der Waals surface area (Å²) in [5.74, 6) is 5.27. The van der Waals surface area contributed by atoms with Crippen molar-refractivity contribution < 1.29 is 0 Å². The van der Waals surface area contributed by atoms with Gasteiger partial charge in [0.15, 0.2) is 0 Å². The second kappa shape index (κ2) is 5.56. The van der Waals surface area contributed by atoms with Gasteiger partial charge in [0.2, 0.25) is 0 Å². The highest BCUT2D eigenvalue weighted by Crippen LogP contribution is 2.48. The van der Waals surface area contributed by atoms with Gasteiger partial charge in [0.05, 0.1) is 0 Å². The Hall–Kier alpha value is 0. The standard InChI is InChI=1S/C16H30/c1-4-6-13(3)15-8-5-7-14-10-9-12(2)11-16(14)15/h12-16H,4-11H2,1-3H3. The molecule has 0 bridgehead atoms. The SMILES string of the molecule is CCCC(C)C1CCCC2CCC(C)CC21. The molecule has 94 valence electrons. The number of hydrogen-bond acceptors (Lipinski definition) is 0. The van der Waals surface area contributed by atoms with E-state index in [1.807, 2.05) is 0 Å². The van der Waals surface area contributed by atoms with Gasteiger partial charge in [0, 0.05) is 0 Å². The Morgan fingerprint density at radius 1 is 1.12 bits per heavy atom. The maximum Gasteiger partial charge on any atom is -0.0352 e. The second-order valence-electron chi connectivity index (χ2n) is 6.70. The zero-order valence-electron chi connectivity index (χ0n) is 11.5. The third kappa shape index (κ3) is 2.63. The topological polar surface area (TPSA) is 0 Å². The highest BCUT2D eigenvalue weighted by Gasteiger charge is 2.38. The Kier molecular flexibility index (Phi) is 4.33. The van der Waals surface area contributed by atoms with Gasteiger partial charge in [-0.05, 0) is 48.9 Å². The summed E-state index contributed by atoms with van der Waals surface area (Å²) in [6, 6.07) is 0. The molecule has 0 amide bonds. The summed E-state index contributed by atoms with van der Waals surface area (Å²) in [5, 5.41) is 0. The zero-order chi connectivity index (χ0) is 11.5. The molecule has 0 heteroatoms. The Balaban J connectivity index is 2.00. The number of hydrogen-bond donors (Lipinski definition) is 0. The summed E-state index contributed by atoms with van der Waals surface area (Å²) in [5.41, 5.74) is 0. The van der Waals surface area contributed by atoms with Crippen LogP contribution in [0.2, 0.25) is 0 Å². The molecule has 16 heavy (non-hydrogen) atoms. The van der Waals surface area contributed by atoms with E-state index in [1.54, 1.807) is 19.3 Å². The molecule has 0 heterocycles. The van der Waals surface area contributed by atoms with E-state index in [-0.39, 0.29) is 0 Å². The molecule has 2 aliphatic rings. The average Bonchev–Trinajstić information content (AvgIpc) is 2.28. The van der Waals surface area contributed by atoms with Gasteiger partial charge in [-0.15, -0.1) is 0 Å².